The number of anilines is 1. The van der Waals surface area contributed by atoms with Gasteiger partial charge in [0.2, 0.25) is 0 Å². The van der Waals surface area contributed by atoms with Crippen LogP contribution in [-0.4, -0.2) is 41.1 Å². The molecule has 0 aromatic carbocycles. The molecule has 0 radical (unpaired) electrons. The second kappa shape index (κ2) is 7.16. The minimum absolute atomic E-state index is 0.0309. The van der Waals surface area contributed by atoms with Gasteiger partial charge in [-0.25, -0.2) is 4.68 Å². The number of amides is 1. The van der Waals surface area contributed by atoms with E-state index in [1.54, 1.807) is 12.1 Å². The van der Waals surface area contributed by atoms with Crippen molar-refractivity contribution in [3.63, 3.8) is 0 Å². The molecule has 146 valence electrons. The molecule has 3 atom stereocenters. The van der Waals surface area contributed by atoms with Gasteiger partial charge in [0.05, 0.1) is 12.1 Å². The van der Waals surface area contributed by atoms with Crippen LogP contribution in [0.2, 0.25) is 0 Å². The number of aromatic nitrogens is 2. The standard InChI is InChI=1S/C17H19F3N4O2S/c18-17(19,20)14-7-11(13-4-2-6-27-13)22-15-8-12(23-24(14)15)16(25)21-9-10-3-1-5-26-10/h2,4,6,8,10-11,14,22H,1,3,5,7,9H2,(H,21,25). The fraction of sp³-hybridized carbons (Fsp3) is 0.529. The van der Waals surface area contributed by atoms with Crippen LogP contribution in [0.25, 0.3) is 0 Å². The van der Waals surface area contributed by atoms with E-state index in [1.165, 1.54) is 17.4 Å². The Morgan fingerprint density at radius 2 is 2.33 bits per heavy atom. The number of nitrogens with one attached hydrogen (secondary N) is 2. The van der Waals surface area contributed by atoms with Gasteiger partial charge in [0.15, 0.2) is 11.7 Å². The molecule has 1 fully saturated rings. The van der Waals surface area contributed by atoms with Gasteiger partial charge < -0.3 is 15.4 Å². The van der Waals surface area contributed by atoms with Crippen LogP contribution in [0.15, 0.2) is 23.6 Å². The summed E-state index contributed by atoms with van der Waals surface area (Å²) in [7, 11) is 0. The highest BCUT2D eigenvalue weighted by Gasteiger charge is 2.47. The van der Waals surface area contributed by atoms with E-state index in [4.69, 9.17) is 4.74 Å². The Bertz CT molecular complexity index is 800. The molecule has 10 heteroatoms. The molecule has 2 aliphatic rings. The first-order chi connectivity index (χ1) is 12.9. The first kappa shape index (κ1) is 18.3. The summed E-state index contributed by atoms with van der Waals surface area (Å²) in [6.07, 6.45) is -2.87. The number of alkyl halides is 3. The van der Waals surface area contributed by atoms with E-state index in [1.807, 2.05) is 5.38 Å². The maximum absolute atomic E-state index is 13.6. The molecular formula is C17H19F3N4O2S. The van der Waals surface area contributed by atoms with Crippen molar-refractivity contribution in [2.75, 3.05) is 18.5 Å². The third-order valence-corrected chi connectivity index (χ3v) is 5.81. The van der Waals surface area contributed by atoms with Crippen molar-refractivity contribution in [2.45, 2.75) is 43.6 Å². The smallest absolute Gasteiger partial charge is 0.376 e. The van der Waals surface area contributed by atoms with E-state index in [9.17, 15) is 18.0 Å². The third kappa shape index (κ3) is 3.81. The molecule has 6 nitrogen and oxygen atoms in total. The van der Waals surface area contributed by atoms with Crippen molar-refractivity contribution >= 4 is 23.1 Å². The van der Waals surface area contributed by atoms with Crippen molar-refractivity contribution in [1.29, 1.82) is 0 Å². The quantitative estimate of drug-likeness (QED) is 0.824. The lowest BCUT2D eigenvalue weighted by Crippen LogP contribution is -2.35. The van der Waals surface area contributed by atoms with E-state index in [0.717, 1.165) is 22.4 Å². The molecule has 27 heavy (non-hydrogen) atoms. The Labute approximate surface area is 157 Å². The zero-order valence-corrected chi connectivity index (χ0v) is 15.1. The molecule has 0 bridgehead atoms. The molecule has 2 aliphatic heterocycles. The molecule has 1 saturated heterocycles. The van der Waals surface area contributed by atoms with Crippen molar-refractivity contribution in [3.05, 3.63) is 34.2 Å². The second-order valence-electron chi connectivity index (χ2n) is 6.71. The van der Waals surface area contributed by atoms with E-state index >= 15 is 0 Å². The number of nitrogens with zero attached hydrogens (tertiary/aromatic N) is 2. The number of carbonyl (C=O) groups is 1. The van der Waals surface area contributed by atoms with Gasteiger partial charge in [0, 0.05) is 30.5 Å². The van der Waals surface area contributed by atoms with Crippen LogP contribution in [0, 0.1) is 0 Å². The van der Waals surface area contributed by atoms with Gasteiger partial charge in [-0.05, 0) is 24.3 Å². The summed E-state index contributed by atoms with van der Waals surface area (Å²) in [5, 5.41) is 11.5. The first-order valence-electron chi connectivity index (χ1n) is 8.78. The molecule has 0 aliphatic carbocycles. The van der Waals surface area contributed by atoms with Crippen molar-refractivity contribution in [2.24, 2.45) is 0 Å². The van der Waals surface area contributed by atoms with Crippen LogP contribution in [0.4, 0.5) is 19.0 Å². The van der Waals surface area contributed by atoms with Gasteiger partial charge in [-0.2, -0.15) is 18.3 Å². The summed E-state index contributed by atoms with van der Waals surface area (Å²) >= 11 is 1.40. The number of fused-ring (bicyclic) bond motifs is 1. The van der Waals surface area contributed by atoms with Crippen molar-refractivity contribution in [3.8, 4) is 0 Å². The summed E-state index contributed by atoms with van der Waals surface area (Å²) in [6.45, 7) is 0.996. The summed E-state index contributed by atoms with van der Waals surface area (Å²) in [6, 6.07) is 2.74. The second-order valence-corrected chi connectivity index (χ2v) is 7.69. The summed E-state index contributed by atoms with van der Waals surface area (Å²) < 4.78 is 47.1. The highest BCUT2D eigenvalue weighted by Crippen LogP contribution is 2.44. The highest BCUT2D eigenvalue weighted by molar-refractivity contribution is 7.10. The Hall–Kier alpha value is -2.07. The van der Waals surface area contributed by atoms with Crippen molar-refractivity contribution in [1.82, 2.24) is 15.1 Å². The number of carbonyl (C=O) groups excluding carboxylic acids is 1. The Morgan fingerprint density at radius 3 is 3.00 bits per heavy atom. The average molecular weight is 400 g/mol. The topological polar surface area (TPSA) is 68.2 Å². The number of hydrogen-bond acceptors (Lipinski definition) is 5. The number of hydrogen-bond donors (Lipinski definition) is 2. The van der Waals surface area contributed by atoms with Crippen LogP contribution in [0.5, 0.6) is 0 Å². The number of halogens is 3. The molecule has 0 spiro atoms. The summed E-state index contributed by atoms with van der Waals surface area (Å²) in [4.78, 5) is 13.2. The lowest BCUT2D eigenvalue weighted by atomic mass is 10.0. The fourth-order valence-corrected chi connectivity index (χ4v) is 4.25. The van der Waals surface area contributed by atoms with E-state index in [0.29, 0.717) is 13.2 Å². The zero-order chi connectivity index (χ0) is 19.0. The molecule has 2 aromatic rings. The zero-order valence-electron chi connectivity index (χ0n) is 14.3. The molecule has 2 N–H and O–H groups in total. The van der Waals surface area contributed by atoms with E-state index < -0.39 is 24.2 Å². The van der Waals surface area contributed by atoms with Gasteiger partial charge >= 0.3 is 6.18 Å². The van der Waals surface area contributed by atoms with Gasteiger partial charge in [0.1, 0.15) is 5.82 Å². The molecule has 2 aromatic heterocycles. The van der Waals surface area contributed by atoms with Gasteiger partial charge in [0.25, 0.3) is 5.91 Å². The van der Waals surface area contributed by atoms with Gasteiger partial charge in [-0.15, -0.1) is 11.3 Å². The minimum atomic E-state index is -4.45. The maximum Gasteiger partial charge on any atom is 0.410 e. The lowest BCUT2D eigenvalue weighted by molar-refractivity contribution is -0.173. The third-order valence-electron chi connectivity index (χ3n) is 4.82. The van der Waals surface area contributed by atoms with Crippen LogP contribution >= 0.6 is 11.3 Å². The highest BCUT2D eigenvalue weighted by atomic mass is 32.1. The normalized spacial score (nSPS) is 25.1. The first-order valence-corrected chi connectivity index (χ1v) is 9.66. The number of thiophene rings is 1. The Balaban J connectivity index is 1.55. The molecule has 3 unspecified atom stereocenters. The maximum atomic E-state index is 13.6. The number of ether oxygens (including phenoxy) is 1. The largest absolute Gasteiger partial charge is 0.410 e. The lowest BCUT2D eigenvalue weighted by Gasteiger charge is -2.32. The Morgan fingerprint density at radius 1 is 1.48 bits per heavy atom. The molecule has 4 heterocycles. The molecular weight excluding hydrogens is 381 g/mol. The SMILES string of the molecule is O=C(NCC1CCCO1)c1cc2n(n1)C(C(F)(F)F)CC(c1cccs1)N2. The van der Waals surface area contributed by atoms with Gasteiger partial charge in [-0.3, -0.25) is 4.79 Å². The van der Waals surface area contributed by atoms with Crippen LogP contribution < -0.4 is 10.6 Å². The molecule has 0 saturated carbocycles. The van der Waals surface area contributed by atoms with Crippen LogP contribution in [-0.2, 0) is 4.74 Å². The summed E-state index contributed by atoms with van der Waals surface area (Å²) in [5.74, 6) is -0.299. The van der Waals surface area contributed by atoms with Gasteiger partial charge in [-0.1, -0.05) is 6.07 Å². The monoisotopic (exact) mass is 400 g/mol. The van der Waals surface area contributed by atoms with E-state index in [2.05, 4.69) is 15.7 Å². The Kier molecular flexibility index (Phi) is 4.85. The molecule has 1 amide bonds. The summed E-state index contributed by atoms with van der Waals surface area (Å²) in [5.41, 5.74) is -0.0309. The predicted octanol–water partition coefficient (Wildman–Crippen LogP) is 3.51. The van der Waals surface area contributed by atoms with Crippen molar-refractivity contribution < 1.29 is 22.7 Å². The number of rotatable bonds is 4. The fourth-order valence-electron chi connectivity index (χ4n) is 3.46. The van der Waals surface area contributed by atoms with E-state index in [-0.39, 0.29) is 24.0 Å². The predicted molar refractivity (Wildman–Crippen MR) is 93.9 cm³/mol. The average Bonchev–Trinajstić information content (AvgIpc) is 3.38. The van der Waals surface area contributed by atoms with Crippen LogP contribution in [0.1, 0.15) is 46.7 Å². The minimum Gasteiger partial charge on any atom is -0.376 e. The van der Waals surface area contributed by atoms with Crippen LogP contribution in [0.3, 0.4) is 0 Å². The molecule has 4 rings (SSSR count).